The van der Waals surface area contributed by atoms with Gasteiger partial charge in [0.1, 0.15) is 5.75 Å². The van der Waals surface area contributed by atoms with Gasteiger partial charge in [-0.2, -0.15) is 9.36 Å². The number of aromatic nitrogens is 2. The van der Waals surface area contributed by atoms with Crippen LogP contribution in [0.4, 0.5) is 0 Å². The molecule has 1 N–H and O–H groups in total. The van der Waals surface area contributed by atoms with Crippen molar-refractivity contribution in [1.82, 2.24) is 19.6 Å². The molecule has 0 bridgehead atoms. The van der Waals surface area contributed by atoms with Crippen molar-refractivity contribution >= 4 is 40.6 Å². The predicted molar refractivity (Wildman–Crippen MR) is 154 cm³/mol. The third-order valence-electron chi connectivity index (χ3n) is 6.37. The van der Waals surface area contributed by atoms with Gasteiger partial charge in [0.15, 0.2) is 5.82 Å². The molecule has 0 saturated carbocycles. The van der Waals surface area contributed by atoms with E-state index in [2.05, 4.69) is 31.7 Å². The molecule has 0 radical (unpaired) electrons. The first-order chi connectivity index (χ1) is 19.0. The molecule has 5 rings (SSSR count). The fraction of sp³-hybridized carbons (Fsp3) is 0.276. The molecule has 1 aliphatic heterocycles. The van der Waals surface area contributed by atoms with E-state index >= 15 is 0 Å². The Morgan fingerprint density at radius 2 is 1.85 bits per heavy atom. The summed E-state index contributed by atoms with van der Waals surface area (Å²) in [6, 6.07) is 21.0. The van der Waals surface area contributed by atoms with E-state index in [1.54, 1.807) is 18.2 Å². The Bertz CT molecular complexity index is 1410. The Kier molecular flexibility index (Phi) is 9.44. The van der Waals surface area contributed by atoms with Gasteiger partial charge in [-0.05, 0) is 47.9 Å². The average molecular weight is 584 g/mol. The molecule has 1 aromatic heterocycles. The minimum Gasteiger partial charge on any atom is -0.430 e. The molecule has 2 heterocycles. The molecule has 3 aromatic carbocycles. The molecule has 39 heavy (non-hydrogen) atoms. The van der Waals surface area contributed by atoms with Gasteiger partial charge in [-0.25, -0.2) is 0 Å². The number of ether oxygens (including phenoxy) is 2. The van der Waals surface area contributed by atoms with Crippen LogP contribution in [0, 0.1) is 0 Å². The zero-order chi connectivity index (χ0) is 27.0. The van der Waals surface area contributed by atoms with E-state index in [4.69, 9.17) is 32.7 Å². The van der Waals surface area contributed by atoms with Crippen molar-refractivity contribution in [1.29, 1.82) is 0 Å². The number of nitrogens with one attached hydrogen (secondary N) is 1. The molecule has 10 heteroatoms. The second-order valence-electron chi connectivity index (χ2n) is 9.19. The average Bonchev–Trinajstić information content (AvgIpc) is 3.38. The molecule has 1 aliphatic rings. The molecule has 7 nitrogen and oxygen atoms in total. The van der Waals surface area contributed by atoms with Crippen LogP contribution in [0.3, 0.4) is 0 Å². The predicted octanol–water partition coefficient (Wildman–Crippen LogP) is 6.03. The van der Waals surface area contributed by atoms with Gasteiger partial charge in [0, 0.05) is 65.3 Å². The number of amides is 1. The van der Waals surface area contributed by atoms with Crippen molar-refractivity contribution in [2.24, 2.45) is 0 Å². The lowest BCUT2D eigenvalue weighted by Crippen LogP contribution is -2.35. The first-order valence-electron chi connectivity index (χ1n) is 12.7. The van der Waals surface area contributed by atoms with Gasteiger partial charge in [-0.15, -0.1) is 0 Å². The highest BCUT2D eigenvalue weighted by atomic mass is 35.5. The Balaban J connectivity index is 1.28. The number of carbonyl (C=O) groups excluding carboxylic acids is 1. The highest BCUT2D eigenvalue weighted by Crippen LogP contribution is 2.29. The quantitative estimate of drug-likeness (QED) is 0.246. The highest BCUT2D eigenvalue weighted by molar-refractivity contribution is 7.07. The molecule has 1 amide bonds. The zero-order valence-electron chi connectivity index (χ0n) is 21.2. The first kappa shape index (κ1) is 27.6. The van der Waals surface area contributed by atoms with E-state index in [0.29, 0.717) is 71.5 Å². The maximum Gasteiger partial charge on any atom is 0.298 e. The van der Waals surface area contributed by atoms with Gasteiger partial charge < -0.3 is 14.8 Å². The fourth-order valence-corrected chi connectivity index (χ4v) is 5.37. The lowest BCUT2D eigenvalue weighted by Gasteiger charge is -2.27. The minimum atomic E-state index is -0.157. The molecule has 1 fully saturated rings. The second-order valence-corrected chi connectivity index (χ2v) is 10.8. The van der Waals surface area contributed by atoms with Crippen molar-refractivity contribution in [3.05, 3.63) is 105 Å². The lowest BCUT2D eigenvalue weighted by atomic mass is 10.1. The van der Waals surface area contributed by atoms with Crippen LogP contribution in [0.2, 0.25) is 10.0 Å². The standard InChI is InChI=1S/C29H28Cl2N4O3S/c30-24-8-6-21(25(31)18-24)10-11-32-28(36)22-7-9-26(23(17-22)19-35-12-14-37-15-13-35)38-29-33-27(34-39-29)16-20-4-2-1-3-5-20/h1-9,17-18H,10-16,19H2,(H,32,36). The monoisotopic (exact) mass is 582 g/mol. The number of nitrogens with zero attached hydrogens (tertiary/aromatic N) is 3. The third-order valence-corrected chi connectivity index (χ3v) is 7.59. The van der Waals surface area contributed by atoms with Gasteiger partial charge in [-0.1, -0.05) is 59.6 Å². The smallest absolute Gasteiger partial charge is 0.298 e. The van der Waals surface area contributed by atoms with Gasteiger partial charge in [0.25, 0.3) is 11.1 Å². The van der Waals surface area contributed by atoms with Crippen molar-refractivity contribution in [3.63, 3.8) is 0 Å². The molecular formula is C29H28Cl2N4O3S. The molecule has 202 valence electrons. The van der Waals surface area contributed by atoms with Crippen LogP contribution in [-0.4, -0.2) is 53.0 Å². The van der Waals surface area contributed by atoms with Crippen LogP contribution in [0.15, 0.2) is 66.7 Å². The van der Waals surface area contributed by atoms with Crippen LogP contribution >= 0.6 is 34.7 Å². The summed E-state index contributed by atoms with van der Waals surface area (Å²) in [6.45, 7) is 4.09. The van der Waals surface area contributed by atoms with Crippen LogP contribution in [0.1, 0.15) is 32.9 Å². The van der Waals surface area contributed by atoms with Crippen LogP contribution < -0.4 is 10.1 Å². The van der Waals surface area contributed by atoms with Crippen molar-refractivity contribution in [2.75, 3.05) is 32.8 Å². The number of carbonyl (C=O) groups is 1. The molecule has 0 aliphatic carbocycles. The summed E-state index contributed by atoms with van der Waals surface area (Å²) in [7, 11) is 0. The SMILES string of the molecule is O=C(NCCc1ccc(Cl)cc1Cl)c1ccc(Oc2nc(Cc3ccccc3)ns2)c(CN2CCOCC2)c1. The van der Waals surface area contributed by atoms with E-state index in [1.165, 1.54) is 11.5 Å². The van der Waals surface area contributed by atoms with Crippen molar-refractivity contribution < 1.29 is 14.3 Å². The Labute approximate surface area is 241 Å². The molecular weight excluding hydrogens is 555 g/mol. The largest absolute Gasteiger partial charge is 0.430 e. The first-order valence-corrected chi connectivity index (χ1v) is 14.3. The second kappa shape index (κ2) is 13.4. The summed E-state index contributed by atoms with van der Waals surface area (Å²) < 4.78 is 16.2. The van der Waals surface area contributed by atoms with Crippen LogP contribution in [-0.2, 0) is 24.1 Å². The topological polar surface area (TPSA) is 76.6 Å². The Morgan fingerprint density at radius 3 is 2.64 bits per heavy atom. The van der Waals surface area contributed by atoms with Crippen LogP contribution in [0.25, 0.3) is 0 Å². The summed E-state index contributed by atoms with van der Waals surface area (Å²) in [4.78, 5) is 19.9. The molecule has 0 spiro atoms. The number of hydrogen-bond donors (Lipinski definition) is 1. The zero-order valence-corrected chi connectivity index (χ0v) is 23.6. The number of hydrogen-bond acceptors (Lipinski definition) is 7. The molecule has 0 atom stereocenters. The maximum atomic E-state index is 13.0. The van der Waals surface area contributed by atoms with Crippen molar-refractivity contribution in [3.8, 4) is 10.9 Å². The summed E-state index contributed by atoms with van der Waals surface area (Å²) in [6.07, 6.45) is 1.24. The Morgan fingerprint density at radius 1 is 1.03 bits per heavy atom. The van der Waals surface area contributed by atoms with Crippen LogP contribution in [0.5, 0.6) is 10.9 Å². The molecule has 1 saturated heterocycles. The number of rotatable bonds is 10. The van der Waals surface area contributed by atoms with Gasteiger partial charge >= 0.3 is 0 Å². The number of benzene rings is 3. The van der Waals surface area contributed by atoms with Crippen molar-refractivity contribution in [2.45, 2.75) is 19.4 Å². The van der Waals surface area contributed by atoms with Gasteiger partial charge in [0.2, 0.25) is 0 Å². The Hall–Kier alpha value is -3.01. The highest BCUT2D eigenvalue weighted by Gasteiger charge is 2.18. The summed E-state index contributed by atoms with van der Waals surface area (Å²) >= 11 is 13.5. The van der Waals surface area contributed by atoms with Gasteiger partial charge in [0.05, 0.1) is 13.2 Å². The molecule has 0 unspecified atom stereocenters. The summed E-state index contributed by atoms with van der Waals surface area (Å²) in [5, 5.41) is 4.64. The fourth-order valence-electron chi connectivity index (χ4n) is 4.30. The van der Waals surface area contributed by atoms with E-state index < -0.39 is 0 Å². The van der Waals surface area contributed by atoms with E-state index in [1.807, 2.05) is 36.4 Å². The van der Waals surface area contributed by atoms with E-state index in [-0.39, 0.29) is 5.91 Å². The van der Waals surface area contributed by atoms with Gasteiger partial charge in [-0.3, -0.25) is 9.69 Å². The summed E-state index contributed by atoms with van der Waals surface area (Å²) in [5.74, 6) is 1.22. The minimum absolute atomic E-state index is 0.157. The normalized spacial score (nSPS) is 13.8. The lowest BCUT2D eigenvalue weighted by molar-refractivity contribution is 0.0339. The summed E-state index contributed by atoms with van der Waals surface area (Å²) in [5.41, 5.74) is 3.55. The van der Waals surface area contributed by atoms with E-state index in [0.717, 1.165) is 29.8 Å². The third kappa shape index (κ3) is 7.77. The van der Waals surface area contributed by atoms with E-state index in [9.17, 15) is 4.79 Å². The molecule has 4 aromatic rings. The number of morpholine rings is 1. The maximum absolute atomic E-state index is 13.0. The number of halogens is 2.